The molecule has 23 heavy (non-hydrogen) atoms. The van der Waals surface area contributed by atoms with E-state index in [4.69, 9.17) is 11.6 Å². The number of hydrogen-bond donors (Lipinski definition) is 0. The summed E-state index contributed by atoms with van der Waals surface area (Å²) in [4.78, 5) is 18.8. The molecule has 0 amide bonds. The lowest BCUT2D eigenvalue weighted by atomic mass is 9.96. The van der Waals surface area contributed by atoms with E-state index in [0.717, 1.165) is 0 Å². The first-order chi connectivity index (χ1) is 11.1. The zero-order chi connectivity index (χ0) is 16.9. The van der Waals surface area contributed by atoms with Crippen LogP contribution in [0.15, 0.2) is 9.98 Å². The van der Waals surface area contributed by atoms with Crippen LogP contribution in [0.4, 0.5) is 4.79 Å². The van der Waals surface area contributed by atoms with Gasteiger partial charge in [0.2, 0.25) is 0 Å². The first-order valence-electron chi connectivity index (χ1n) is 9.05. The van der Waals surface area contributed by atoms with Gasteiger partial charge in [0.05, 0.1) is 24.7 Å². The highest BCUT2D eigenvalue weighted by atomic mass is 35.5. The Balaban J connectivity index is 0.000000284. The fourth-order valence-electron chi connectivity index (χ4n) is 2.85. The number of nitrogens with zero attached hydrogens (tertiary/aromatic N) is 2. The SMILES string of the molecule is C(=NC1CCCCC1)=NC1CCCCC1.CC(C)COC(=O)Cl. The molecule has 0 saturated heterocycles. The second kappa shape index (κ2) is 12.5. The second-order valence-corrected chi connectivity index (χ2v) is 7.19. The number of rotatable bonds is 4. The summed E-state index contributed by atoms with van der Waals surface area (Å²) in [6, 6.07) is 4.04. The van der Waals surface area contributed by atoms with E-state index in [1.54, 1.807) is 0 Å². The van der Waals surface area contributed by atoms with Crippen LogP contribution in [0.2, 0.25) is 0 Å². The lowest BCUT2D eigenvalue weighted by molar-refractivity contribution is 0.159. The second-order valence-electron chi connectivity index (χ2n) is 6.88. The number of halogens is 1. The lowest BCUT2D eigenvalue weighted by Gasteiger charge is -2.17. The van der Waals surface area contributed by atoms with Crippen LogP contribution < -0.4 is 0 Å². The minimum Gasteiger partial charge on any atom is -0.453 e. The Bertz CT molecular complexity index is 358. The first kappa shape index (κ1) is 20.2. The van der Waals surface area contributed by atoms with Crippen molar-refractivity contribution in [3.63, 3.8) is 0 Å². The van der Waals surface area contributed by atoms with Crippen molar-refractivity contribution in [2.45, 2.75) is 90.1 Å². The molecule has 2 rings (SSSR count). The van der Waals surface area contributed by atoms with Crippen molar-refractivity contribution in [3.05, 3.63) is 0 Å². The third-order valence-electron chi connectivity index (χ3n) is 4.16. The molecule has 2 aliphatic rings. The molecule has 5 heteroatoms. The van der Waals surface area contributed by atoms with E-state index in [0.29, 0.717) is 24.6 Å². The Morgan fingerprint density at radius 2 is 1.43 bits per heavy atom. The van der Waals surface area contributed by atoms with Crippen LogP contribution in [0.25, 0.3) is 0 Å². The lowest BCUT2D eigenvalue weighted by Crippen LogP contribution is -2.10. The van der Waals surface area contributed by atoms with Crippen molar-refractivity contribution in [2.24, 2.45) is 15.9 Å². The molecule has 2 saturated carbocycles. The van der Waals surface area contributed by atoms with Crippen molar-refractivity contribution < 1.29 is 9.53 Å². The largest absolute Gasteiger partial charge is 0.453 e. The Kier molecular flexibility index (Phi) is 11.0. The smallest absolute Gasteiger partial charge is 0.403 e. The first-order valence-corrected chi connectivity index (χ1v) is 9.42. The molecule has 2 fully saturated rings. The average molecular weight is 343 g/mol. The molecule has 0 aromatic rings. The maximum absolute atomic E-state index is 9.89. The van der Waals surface area contributed by atoms with Gasteiger partial charge in [0, 0.05) is 11.6 Å². The van der Waals surface area contributed by atoms with Gasteiger partial charge in [-0.25, -0.2) is 14.8 Å². The molecule has 0 aliphatic heterocycles. The fourth-order valence-corrected chi connectivity index (χ4v) is 2.91. The molecule has 0 unspecified atom stereocenters. The highest BCUT2D eigenvalue weighted by Crippen LogP contribution is 2.21. The Hall–Kier alpha value is -0.860. The van der Waals surface area contributed by atoms with E-state index in [2.05, 4.69) is 20.7 Å². The Labute approximate surface area is 145 Å². The van der Waals surface area contributed by atoms with Crippen LogP contribution in [0.5, 0.6) is 0 Å². The van der Waals surface area contributed by atoms with Crippen molar-refractivity contribution in [3.8, 4) is 0 Å². The molecular formula is C18H31ClN2O2. The minimum absolute atomic E-state index is 0.359. The summed E-state index contributed by atoms with van der Waals surface area (Å²) in [5.41, 5.74) is -0.723. The number of carbonyl (C=O) groups excluding carboxylic acids is 1. The molecule has 4 nitrogen and oxygen atoms in total. The summed E-state index contributed by atoms with van der Waals surface area (Å²) in [5.74, 6) is 0.359. The van der Waals surface area contributed by atoms with Crippen LogP contribution in [-0.2, 0) is 4.74 Å². The van der Waals surface area contributed by atoms with Crippen LogP contribution >= 0.6 is 11.6 Å². The summed E-state index contributed by atoms with van der Waals surface area (Å²) < 4.78 is 4.43. The van der Waals surface area contributed by atoms with Crippen LogP contribution in [0.3, 0.4) is 0 Å². The summed E-state index contributed by atoms with van der Waals surface area (Å²) in [5, 5.41) is 0. The molecule has 0 radical (unpaired) electrons. The third kappa shape index (κ3) is 11.3. The topological polar surface area (TPSA) is 51.0 Å². The summed E-state index contributed by atoms with van der Waals surface area (Å²) in [6.07, 6.45) is 13.2. The van der Waals surface area contributed by atoms with Gasteiger partial charge in [-0.15, -0.1) is 0 Å². The van der Waals surface area contributed by atoms with Crippen LogP contribution in [-0.4, -0.2) is 30.1 Å². The Morgan fingerprint density at radius 3 is 1.74 bits per heavy atom. The summed E-state index contributed by atoms with van der Waals surface area (Å²) in [7, 11) is 0. The van der Waals surface area contributed by atoms with Crippen molar-refractivity contribution >= 4 is 23.0 Å². The number of ether oxygens (including phenoxy) is 1. The average Bonchev–Trinajstić information content (AvgIpc) is 2.56. The van der Waals surface area contributed by atoms with Gasteiger partial charge in [-0.2, -0.15) is 0 Å². The van der Waals surface area contributed by atoms with E-state index in [9.17, 15) is 4.79 Å². The zero-order valence-electron chi connectivity index (χ0n) is 14.6. The molecule has 0 aromatic carbocycles. The number of carbonyl (C=O) groups is 1. The highest BCUT2D eigenvalue weighted by Gasteiger charge is 2.12. The molecule has 0 heterocycles. The Morgan fingerprint density at radius 1 is 1.00 bits per heavy atom. The van der Waals surface area contributed by atoms with E-state index in [1.165, 1.54) is 64.2 Å². The van der Waals surface area contributed by atoms with Gasteiger partial charge >= 0.3 is 5.43 Å². The van der Waals surface area contributed by atoms with Gasteiger partial charge < -0.3 is 4.74 Å². The van der Waals surface area contributed by atoms with Crippen molar-refractivity contribution in [2.75, 3.05) is 6.61 Å². The van der Waals surface area contributed by atoms with Gasteiger partial charge in [-0.1, -0.05) is 52.4 Å². The molecule has 0 N–H and O–H groups in total. The standard InChI is InChI=1S/C13H22N2.C5H9ClO2/c1-3-7-12(8-4-1)14-11-15-13-9-5-2-6-10-13;1-4(2)3-8-5(6)7/h12-13H,1-10H2;4H,3H2,1-2H3. The maximum atomic E-state index is 9.89. The van der Waals surface area contributed by atoms with Gasteiger partial charge in [0.15, 0.2) is 0 Å². The fraction of sp³-hybridized carbons (Fsp3) is 0.889. The van der Waals surface area contributed by atoms with Crippen molar-refractivity contribution in [1.82, 2.24) is 0 Å². The molecule has 0 bridgehead atoms. The minimum atomic E-state index is -0.723. The quantitative estimate of drug-likeness (QED) is 0.475. The van der Waals surface area contributed by atoms with Crippen LogP contribution in [0.1, 0.15) is 78.1 Å². The molecule has 0 atom stereocenters. The van der Waals surface area contributed by atoms with Gasteiger partial charge in [0.25, 0.3) is 0 Å². The third-order valence-corrected chi connectivity index (χ3v) is 4.27. The van der Waals surface area contributed by atoms with E-state index >= 15 is 0 Å². The van der Waals surface area contributed by atoms with Gasteiger partial charge in [0.1, 0.15) is 0 Å². The predicted molar refractivity (Wildman–Crippen MR) is 95.6 cm³/mol. The monoisotopic (exact) mass is 342 g/mol. The van der Waals surface area contributed by atoms with Gasteiger partial charge in [-0.3, -0.25) is 0 Å². The molecule has 0 aromatic heterocycles. The molecular weight excluding hydrogens is 312 g/mol. The summed E-state index contributed by atoms with van der Waals surface area (Å²) in [6.45, 7) is 4.29. The van der Waals surface area contributed by atoms with Crippen molar-refractivity contribution in [1.29, 1.82) is 0 Å². The van der Waals surface area contributed by atoms with Gasteiger partial charge in [-0.05, 0) is 31.6 Å². The molecule has 132 valence electrons. The van der Waals surface area contributed by atoms with E-state index < -0.39 is 5.43 Å². The number of hydrogen-bond acceptors (Lipinski definition) is 4. The maximum Gasteiger partial charge on any atom is 0.403 e. The normalized spacial score (nSPS) is 19.3. The summed E-state index contributed by atoms with van der Waals surface area (Å²) >= 11 is 4.86. The highest BCUT2D eigenvalue weighted by molar-refractivity contribution is 6.61. The predicted octanol–water partition coefficient (Wildman–Crippen LogP) is 5.84. The van der Waals surface area contributed by atoms with Crippen LogP contribution in [0, 0.1) is 5.92 Å². The molecule has 0 spiro atoms. The molecule has 2 aliphatic carbocycles. The number of aliphatic imine (C=N–C) groups is 2. The zero-order valence-corrected chi connectivity index (χ0v) is 15.4. The van der Waals surface area contributed by atoms with E-state index in [1.807, 2.05) is 13.8 Å². The van der Waals surface area contributed by atoms with E-state index in [-0.39, 0.29) is 0 Å².